The Bertz CT molecular complexity index is 102. The van der Waals surface area contributed by atoms with Crippen LogP contribution < -0.4 is 0 Å². The zero-order valence-corrected chi connectivity index (χ0v) is 10.9. The molecule has 1 atom stereocenters. The molecular formula is C11H24BrN. The molecule has 0 amide bonds. The van der Waals surface area contributed by atoms with E-state index in [1.54, 1.807) is 0 Å². The zero-order valence-electron chi connectivity index (χ0n) is 9.35. The smallest absolute Gasteiger partial charge is 0.00717 e. The molecule has 1 unspecified atom stereocenters. The van der Waals surface area contributed by atoms with E-state index in [-0.39, 0.29) is 0 Å². The van der Waals surface area contributed by atoms with Crippen LogP contribution in [0.25, 0.3) is 0 Å². The van der Waals surface area contributed by atoms with E-state index in [9.17, 15) is 0 Å². The quantitative estimate of drug-likeness (QED) is 0.470. The highest BCUT2D eigenvalue weighted by Crippen LogP contribution is 2.08. The molecule has 0 saturated heterocycles. The number of alkyl halides is 1. The molecule has 0 aromatic heterocycles. The summed E-state index contributed by atoms with van der Waals surface area (Å²) in [6.45, 7) is 7.03. The number of nitrogens with zero attached hydrogens (tertiary/aromatic N) is 1. The fourth-order valence-corrected chi connectivity index (χ4v) is 2.11. The first-order valence-electron chi connectivity index (χ1n) is 5.49. The van der Waals surface area contributed by atoms with E-state index in [4.69, 9.17) is 0 Å². The fourth-order valence-electron chi connectivity index (χ4n) is 1.45. The van der Waals surface area contributed by atoms with E-state index in [0.717, 1.165) is 11.2 Å². The van der Waals surface area contributed by atoms with Crippen LogP contribution in [0.2, 0.25) is 0 Å². The highest BCUT2D eigenvalue weighted by molar-refractivity contribution is 9.09. The lowest BCUT2D eigenvalue weighted by Crippen LogP contribution is -2.27. The van der Waals surface area contributed by atoms with Gasteiger partial charge in [0, 0.05) is 11.9 Å². The van der Waals surface area contributed by atoms with Gasteiger partial charge in [0.2, 0.25) is 0 Å². The van der Waals surface area contributed by atoms with Gasteiger partial charge in [0.15, 0.2) is 0 Å². The Morgan fingerprint density at radius 2 is 1.92 bits per heavy atom. The van der Waals surface area contributed by atoms with Gasteiger partial charge in [0.05, 0.1) is 0 Å². The highest BCUT2D eigenvalue weighted by atomic mass is 79.9. The van der Waals surface area contributed by atoms with Gasteiger partial charge in [0.25, 0.3) is 0 Å². The Balaban J connectivity index is 3.42. The minimum Gasteiger partial charge on any atom is -0.306 e. The predicted octanol–water partition coefficient (Wildman–Crippen LogP) is 3.53. The van der Waals surface area contributed by atoms with Crippen LogP contribution in [0, 0.1) is 5.92 Å². The van der Waals surface area contributed by atoms with Gasteiger partial charge in [-0.3, -0.25) is 0 Å². The molecule has 0 aliphatic rings. The molecule has 0 aliphatic heterocycles. The average Bonchev–Trinajstić information content (AvgIpc) is 2.14. The normalized spacial score (nSPS) is 13.6. The molecule has 0 aromatic carbocycles. The van der Waals surface area contributed by atoms with Gasteiger partial charge in [0.1, 0.15) is 0 Å². The van der Waals surface area contributed by atoms with E-state index in [0.29, 0.717) is 0 Å². The summed E-state index contributed by atoms with van der Waals surface area (Å²) in [7, 11) is 2.24. The van der Waals surface area contributed by atoms with Crippen molar-refractivity contribution in [3.63, 3.8) is 0 Å². The lowest BCUT2D eigenvalue weighted by Gasteiger charge is -2.21. The number of hydrogen-bond acceptors (Lipinski definition) is 1. The standard InChI is InChI=1S/C11H24BrN/c1-4-6-7-8-13(3)10-11(5-2)9-12/h11H,4-10H2,1-3H3. The Morgan fingerprint density at radius 3 is 2.38 bits per heavy atom. The van der Waals surface area contributed by atoms with Crippen molar-refractivity contribution in [1.82, 2.24) is 4.90 Å². The van der Waals surface area contributed by atoms with E-state index in [1.165, 1.54) is 38.8 Å². The third-order valence-electron chi connectivity index (χ3n) is 2.51. The van der Waals surface area contributed by atoms with E-state index < -0.39 is 0 Å². The maximum absolute atomic E-state index is 3.56. The Labute approximate surface area is 92.0 Å². The molecule has 0 heterocycles. The summed E-state index contributed by atoms with van der Waals surface area (Å²) in [5, 5.41) is 1.14. The number of unbranched alkanes of at least 4 members (excludes halogenated alkanes) is 2. The number of rotatable bonds is 8. The van der Waals surface area contributed by atoms with Gasteiger partial charge in [-0.05, 0) is 25.9 Å². The summed E-state index contributed by atoms with van der Waals surface area (Å²) >= 11 is 3.56. The minimum atomic E-state index is 0.826. The molecule has 80 valence electrons. The van der Waals surface area contributed by atoms with Gasteiger partial charge < -0.3 is 4.90 Å². The first kappa shape index (κ1) is 13.4. The monoisotopic (exact) mass is 249 g/mol. The molecule has 0 radical (unpaired) electrons. The SMILES string of the molecule is CCCCCN(C)CC(CC)CBr. The second-order valence-electron chi connectivity index (χ2n) is 3.90. The Kier molecular flexibility index (Phi) is 9.32. The van der Waals surface area contributed by atoms with Gasteiger partial charge in [-0.2, -0.15) is 0 Å². The first-order chi connectivity index (χ1) is 6.24. The van der Waals surface area contributed by atoms with Crippen LogP contribution in [0.4, 0.5) is 0 Å². The molecule has 0 fully saturated rings. The molecule has 0 aliphatic carbocycles. The summed E-state index contributed by atoms with van der Waals surface area (Å²) in [4.78, 5) is 2.46. The van der Waals surface area contributed by atoms with Gasteiger partial charge in [-0.15, -0.1) is 0 Å². The summed E-state index contributed by atoms with van der Waals surface area (Å²) in [6.07, 6.45) is 5.33. The summed E-state index contributed by atoms with van der Waals surface area (Å²) in [5.74, 6) is 0.826. The van der Waals surface area contributed by atoms with E-state index >= 15 is 0 Å². The van der Waals surface area contributed by atoms with Crippen molar-refractivity contribution in [3.05, 3.63) is 0 Å². The van der Waals surface area contributed by atoms with Crippen LogP contribution in [0.15, 0.2) is 0 Å². The zero-order chi connectivity index (χ0) is 10.1. The van der Waals surface area contributed by atoms with Crippen molar-refractivity contribution >= 4 is 15.9 Å². The van der Waals surface area contributed by atoms with Gasteiger partial charge in [-0.1, -0.05) is 49.0 Å². The molecule has 2 heteroatoms. The first-order valence-corrected chi connectivity index (χ1v) is 6.61. The van der Waals surface area contributed by atoms with Crippen LogP contribution in [0.3, 0.4) is 0 Å². The van der Waals surface area contributed by atoms with Crippen molar-refractivity contribution in [1.29, 1.82) is 0 Å². The molecule has 0 saturated carbocycles. The maximum atomic E-state index is 3.56. The summed E-state index contributed by atoms with van der Waals surface area (Å²) in [6, 6.07) is 0. The topological polar surface area (TPSA) is 3.24 Å². The van der Waals surface area contributed by atoms with Crippen LogP contribution >= 0.6 is 15.9 Å². The highest BCUT2D eigenvalue weighted by Gasteiger charge is 2.07. The molecule has 13 heavy (non-hydrogen) atoms. The van der Waals surface area contributed by atoms with Crippen molar-refractivity contribution in [2.24, 2.45) is 5.92 Å². The van der Waals surface area contributed by atoms with Gasteiger partial charge in [-0.25, -0.2) is 0 Å². The van der Waals surface area contributed by atoms with Crippen molar-refractivity contribution in [2.75, 3.05) is 25.5 Å². The van der Waals surface area contributed by atoms with Crippen LogP contribution in [-0.2, 0) is 0 Å². The second kappa shape index (κ2) is 9.01. The van der Waals surface area contributed by atoms with Crippen molar-refractivity contribution in [3.8, 4) is 0 Å². The molecule has 0 spiro atoms. The van der Waals surface area contributed by atoms with Crippen LogP contribution in [-0.4, -0.2) is 30.4 Å². The van der Waals surface area contributed by atoms with E-state index in [2.05, 4.69) is 41.7 Å². The average molecular weight is 250 g/mol. The lowest BCUT2D eigenvalue weighted by molar-refractivity contribution is 0.280. The van der Waals surface area contributed by atoms with E-state index in [1.807, 2.05) is 0 Å². The second-order valence-corrected chi connectivity index (χ2v) is 4.55. The lowest BCUT2D eigenvalue weighted by atomic mass is 10.1. The molecule has 0 bridgehead atoms. The number of halogens is 1. The predicted molar refractivity (Wildman–Crippen MR) is 64.6 cm³/mol. The maximum Gasteiger partial charge on any atom is 0.00717 e. The van der Waals surface area contributed by atoms with Crippen LogP contribution in [0.5, 0.6) is 0 Å². The molecule has 1 nitrogen and oxygen atoms in total. The third kappa shape index (κ3) is 7.51. The minimum absolute atomic E-state index is 0.826. The summed E-state index contributed by atoms with van der Waals surface area (Å²) < 4.78 is 0. The molecule has 0 aromatic rings. The van der Waals surface area contributed by atoms with Gasteiger partial charge >= 0.3 is 0 Å². The summed E-state index contributed by atoms with van der Waals surface area (Å²) in [5.41, 5.74) is 0. The molecule has 0 rings (SSSR count). The Hall–Kier alpha value is 0.440. The molecule has 0 N–H and O–H groups in total. The van der Waals surface area contributed by atoms with Crippen molar-refractivity contribution < 1.29 is 0 Å². The van der Waals surface area contributed by atoms with Crippen molar-refractivity contribution in [2.45, 2.75) is 39.5 Å². The number of hydrogen-bond donors (Lipinski definition) is 0. The van der Waals surface area contributed by atoms with Crippen LogP contribution in [0.1, 0.15) is 39.5 Å². The fraction of sp³-hybridized carbons (Fsp3) is 1.00. The third-order valence-corrected chi connectivity index (χ3v) is 3.42. The Morgan fingerprint density at radius 1 is 1.23 bits per heavy atom. The molecular weight excluding hydrogens is 226 g/mol. The largest absolute Gasteiger partial charge is 0.306 e.